The Morgan fingerprint density at radius 1 is 1.48 bits per heavy atom. The van der Waals surface area contributed by atoms with Crippen LogP contribution >= 0.6 is 23.8 Å². The van der Waals surface area contributed by atoms with E-state index in [0.29, 0.717) is 11.5 Å². The predicted molar refractivity (Wildman–Crippen MR) is 80.5 cm³/mol. The minimum absolute atomic E-state index is 0.0833. The molecule has 10 heteroatoms. The fourth-order valence-corrected chi connectivity index (χ4v) is 3.22. The molecule has 0 bridgehead atoms. The summed E-state index contributed by atoms with van der Waals surface area (Å²) in [5.74, 6) is 0.334. The second kappa shape index (κ2) is 6.48. The number of rotatable bonds is 6. The van der Waals surface area contributed by atoms with Gasteiger partial charge in [-0.25, -0.2) is 13.1 Å². The van der Waals surface area contributed by atoms with Crippen LogP contribution in [0.15, 0.2) is 33.9 Å². The minimum Gasteiger partial charge on any atom is -0.389 e. The lowest BCUT2D eigenvalue weighted by Crippen LogP contribution is -2.26. The van der Waals surface area contributed by atoms with Gasteiger partial charge in [0.25, 0.3) is 0 Å². The second-order valence-corrected chi connectivity index (χ2v) is 6.57. The van der Waals surface area contributed by atoms with Gasteiger partial charge in [-0.3, -0.25) is 0 Å². The van der Waals surface area contributed by atoms with Gasteiger partial charge in [-0.2, -0.15) is 4.98 Å². The van der Waals surface area contributed by atoms with Crippen molar-refractivity contribution in [3.05, 3.63) is 41.0 Å². The molecule has 0 saturated heterocycles. The topological polar surface area (TPSA) is 111 Å². The number of hydrogen-bond donors (Lipinski definition) is 2. The van der Waals surface area contributed by atoms with Crippen LogP contribution in [0.3, 0.4) is 0 Å². The standard InChI is InChI=1S/C11H11ClN4O3S2/c12-8-2-1-7(11(13)20)5-9(8)21(17,18)16-4-3-10-14-6-15-19-10/h1-2,5-6,16H,3-4H2,(H2,13,20). The molecule has 0 unspecified atom stereocenters. The Morgan fingerprint density at radius 3 is 2.86 bits per heavy atom. The fourth-order valence-electron chi connectivity index (χ4n) is 1.54. The molecule has 112 valence electrons. The number of nitrogens with two attached hydrogens (primary N) is 1. The Bertz CT molecular complexity index is 747. The van der Waals surface area contributed by atoms with Gasteiger partial charge in [0.15, 0.2) is 6.33 Å². The SMILES string of the molecule is NC(=S)c1ccc(Cl)c(S(=O)(=O)NCCc2ncno2)c1. The van der Waals surface area contributed by atoms with E-state index in [0.717, 1.165) is 0 Å². The zero-order valence-electron chi connectivity index (χ0n) is 10.6. The summed E-state index contributed by atoms with van der Waals surface area (Å²) in [6.45, 7) is 0.0954. The first-order valence-corrected chi connectivity index (χ1v) is 8.01. The maximum absolute atomic E-state index is 12.2. The molecule has 1 aromatic carbocycles. The third-order valence-electron chi connectivity index (χ3n) is 2.54. The fraction of sp³-hybridized carbons (Fsp3) is 0.182. The zero-order valence-corrected chi connectivity index (χ0v) is 13.0. The van der Waals surface area contributed by atoms with E-state index < -0.39 is 10.0 Å². The van der Waals surface area contributed by atoms with Crippen molar-refractivity contribution >= 4 is 38.8 Å². The summed E-state index contributed by atoms with van der Waals surface area (Å²) in [5.41, 5.74) is 5.91. The molecule has 0 atom stereocenters. The first-order chi connectivity index (χ1) is 9.90. The summed E-state index contributed by atoms with van der Waals surface area (Å²) in [4.78, 5) is 3.80. The lowest BCUT2D eigenvalue weighted by molar-refractivity contribution is 0.377. The summed E-state index contributed by atoms with van der Waals surface area (Å²) in [6.07, 6.45) is 1.51. The van der Waals surface area contributed by atoms with Gasteiger partial charge in [0, 0.05) is 18.5 Å². The number of hydrogen-bond acceptors (Lipinski definition) is 6. The van der Waals surface area contributed by atoms with Crippen LogP contribution < -0.4 is 10.5 Å². The van der Waals surface area contributed by atoms with Gasteiger partial charge in [0.1, 0.15) is 9.88 Å². The molecule has 0 aliphatic carbocycles. The van der Waals surface area contributed by atoms with Crippen LogP contribution in [-0.2, 0) is 16.4 Å². The minimum atomic E-state index is -3.79. The number of nitrogens with zero attached hydrogens (tertiary/aromatic N) is 2. The van der Waals surface area contributed by atoms with E-state index in [-0.39, 0.29) is 27.9 Å². The van der Waals surface area contributed by atoms with Gasteiger partial charge < -0.3 is 10.3 Å². The number of aromatic nitrogens is 2. The van der Waals surface area contributed by atoms with E-state index in [4.69, 9.17) is 34.1 Å². The number of benzene rings is 1. The number of halogens is 1. The molecular formula is C11H11ClN4O3S2. The molecule has 0 spiro atoms. The van der Waals surface area contributed by atoms with Crippen molar-refractivity contribution in [1.29, 1.82) is 0 Å². The summed E-state index contributed by atoms with van der Waals surface area (Å²) in [7, 11) is -3.79. The average molecular weight is 347 g/mol. The second-order valence-electron chi connectivity index (χ2n) is 3.99. The molecule has 0 aliphatic rings. The molecule has 1 aromatic heterocycles. The summed E-state index contributed by atoms with van der Waals surface area (Å²) in [6, 6.07) is 4.32. The van der Waals surface area contributed by atoms with Crippen LogP contribution in [0, 0.1) is 0 Å². The molecule has 0 aliphatic heterocycles. The Morgan fingerprint density at radius 2 is 2.24 bits per heavy atom. The molecule has 7 nitrogen and oxygen atoms in total. The zero-order chi connectivity index (χ0) is 15.5. The van der Waals surface area contributed by atoms with Crippen molar-refractivity contribution in [2.75, 3.05) is 6.54 Å². The van der Waals surface area contributed by atoms with Gasteiger partial charge in [-0.15, -0.1) is 0 Å². The van der Waals surface area contributed by atoms with Crippen molar-refractivity contribution in [3.8, 4) is 0 Å². The van der Waals surface area contributed by atoms with Gasteiger partial charge in [-0.05, 0) is 12.1 Å². The predicted octanol–water partition coefficient (Wildman–Crippen LogP) is 0.878. The van der Waals surface area contributed by atoms with E-state index in [1.54, 1.807) is 6.07 Å². The van der Waals surface area contributed by atoms with Gasteiger partial charge >= 0.3 is 0 Å². The molecule has 0 amide bonds. The van der Waals surface area contributed by atoms with Crippen molar-refractivity contribution in [2.24, 2.45) is 5.73 Å². The molecule has 0 saturated carbocycles. The van der Waals surface area contributed by atoms with Crippen LogP contribution in [0.5, 0.6) is 0 Å². The van der Waals surface area contributed by atoms with Crippen molar-refractivity contribution in [1.82, 2.24) is 14.9 Å². The Kier molecular flexibility index (Phi) is 4.88. The number of nitrogens with one attached hydrogen (secondary N) is 1. The summed E-state index contributed by atoms with van der Waals surface area (Å²) < 4.78 is 31.6. The molecule has 2 aromatic rings. The highest BCUT2D eigenvalue weighted by molar-refractivity contribution is 7.89. The van der Waals surface area contributed by atoms with Gasteiger partial charge in [0.2, 0.25) is 15.9 Å². The first kappa shape index (κ1) is 15.8. The van der Waals surface area contributed by atoms with E-state index in [2.05, 4.69) is 14.9 Å². The lowest BCUT2D eigenvalue weighted by atomic mass is 10.2. The van der Waals surface area contributed by atoms with Crippen LogP contribution in [0.1, 0.15) is 11.5 Å². The number of sulfonamides is 1. The van der Waals surface area contributed by atoms with Gasteiger partial charge in [0.05, 0.1) is 5.02 Å². The highest BCUT2D eigenvalue weighted by atomic mass is 35.5. The van der Waals surface area contributed by atoms with Gasteiger partial charge in [-0.1, -0.05) is 35.0 Å². The quantitative estimate of drug-likeness (QED) is 0.747. The Labute approximate surface area is 131 Å². The molecule has 2 rings (SSSR count). The summed E-state index contributed by atoms with van der Waals surface area (Å²) in [5, 5.41) is 3.51. The van der Waals surface area contributed by atoms with E-state index in [1.165, 1.54) is 18.5 Å². The van der Waals surface area contributed by atoms with Crippen LogP contribution in [-0.4, -0.2) is 30.1 Å². The van der Waals surface area contributed by atoms with E-state index in [9.17, 15) is 8.42 Å². The molecule has 0 radical (unpaired) electrons. The molecule has 3 N–H and O–H groups in total. The first-order valence-electron chi connectivity index (χ1n) is 5.75. The van der Waals surface area contributed by atoms with Crippen molar-refractivity contribution in [3.63, 3.8) is 0 Å². The molecule has 0 fully saturated rings. The largest absolute Gasteiger partial charge is 0.389 e. The van der Waals surface area contributed by atoms with Crippen molar-refractivity contribution in [2.45, 2.75) is 11.3 Å². The number of thiocarbonyl (C=S) groups is 1. The average Bonchev–Trinajstić information content (AvgIpc) is 2.91. The Balaban J connectivity index is 2.15. The van der Waals surface area contributed by atoms with E-state index >= 15 is 0 Å². The molecule has 21 heavy (non-hydrogen) atoms. The summed E-state index contributed by atoms with van der Waals surface area (Å²) >= 11 is 10.7. The highest BCUT2D eigenvalue weighted by Gasteiger charge is 2.19. The van der Waals surface area contributed by atoms with Crippen LogP contribution in [0.2, 0.25) is 5.02 Å². The van der Waals surface area contributed by atoms with Crippen LogP contribution in [0.4, 0.5) is 0 Å². The molecular weight excluding hydrogens is 336 g/mol. The Hall–Kier alpha value is -1.55. The van der Waals surface area contributed by atoms with Crippen molar-refractivity contribution < 1.29 is 12.9 Å². The third kappa shape index (κ3) is 3.97. The van der Waals surface area contributed by atoms with Crippen LogP contribution in [0.25, 0.3) is 0 Å². The third-order valence-corrected chi connectivity index (χ3v) is 4.72. The smallest absolute Gasteiger partial charge is 0.242 e. The lowest BCUT2D eigenvalue weighted by Gasteiger charge is -2.09. The van der Waals surface area contributed by atoms with E-state index in [1.807, 2.05) is 0 Å². The maximum Gasteiger partial charge on any atom is 0.242 e. The molecule has 1 heterocycles. The highest BCUT2D eigenvalue weighted by Crippen LogP contribution is 2.22. The maximum atomic E-state index is 12.2. The monoisotopic (exact) mass is 346 g/mol. The normalized spacial score (nSPS) is 11.5.